The molecule has 0 atom stereocenters. The monoisotopic (exact) mass is 334 g/mol. The van der Waals surface area contributed by atoms with Crippen molar-refractivity contribution in [3.8, 4) is 0 Å². The standard InChI is InChI=1S/C18H14N4O3/c1-11-6-7-14(19-8-11)21-15(23)9-22-10-20-16-12-4-2-3-5-13(12)25-17(16)18(22)24/h2-8,10H,9H2,1H3,(H,19,21,23). The summed E-state index contributed by atoms with van der Waals surface area (Å²) >= 11 is 0. The van der Waals surface area contributed by atoms with Gasteiger partial charge < -0.3 is 9.73 Å². The highest BCUT2D eigenvalue weighted by Crippen LogP contribution is 2.23. The number of furan rings is 1. The molecule has 4 rings (SSSR count). The van der Waals surface area contributed by atoms with Gasteiger partial charge in [-0.05, 0) is 30.7 Å². The fourth-order valence-corrected chi connectivity index (χ4v) is 2.61. The van der Waals surface area contributed by atoms with Crippen LogP contribution in [0.1, 0.15) is 5.56 Å². The molecular formula is C18H14N4O3. The van der Waals surface area contributed by atoms with Gasteiger partial charge >= 0.3 is 0 Å². The van der Waals surface area contributed by atoms with Crippen LogP contribution < -0.4 is 10.9 Å². The van der Waals surface area contributed by atoms with E-state index in [1.165, 1.54) is 10.9 Å². The average Bonchev–Trinajstić information content (AvgIpc) is 2.99. The van der Waals surface area contributed by atoms with Crippen LogP contribution in [0.15, 0.2) is 58.1 Å². The van der Waals surface area contributed by atoms with Gasteiger partial charge in [-0.1, -0.05) is 18.2 Å². The Morgan fingerprint density at radius 2 is 2.04 bits per heavy atom. The maximum Gasteiger partial charge on any atom is 0.297 e. The van der Waals surface area contributed by atoms with Gasteiger partial charge in [0.25, 0.3) is 5.56 Å². The number of fused-ring (bicyclic) bond motifs is 3. The quantitative estimate of drug-likeness (QED) is 0.621. The smallest absolute Gasteiger partial charge is 0.297 e. The summed E-state index contributed by atoms with van der Waals surface area (Å²) in [7, 11) is 0. The van der Waals surface area contributed by atoms with E-state index in [9.17, 15) is 9.59 Å². The Morgan fingerprint density at radius 3 is 2.84 bits per heavy atom. The number of aryl methyl sites for hydroxylation is 1. The Labute approximate surface area is 141 Å². The number of hydrogen-bond acceptors (Lipinski definition) is 5. The highest BCUT2D eigenvalue weighted by Gasteiger charge is 2.14. The zero-order chi connectivity index (χ0) is 17.4. The largest absolute Gasteiger partial charge is 0.448 e. The number of nitrogens with zero attached hydrogens (tertiary/aromatic N) is 3. The predicted octanol–water partition coefficient (Wildman–Crippen LogP) is 2.48. The molecule has 1 amide bonds. The van der Waals surface area contributed by atoms with E-state index in [0.29, 0.717) is 16.9 Å². The third-order valence-electron chi connectivity index (χ3n) is 3.84. The summed E-state index contributed by atoms with van der Waals surface area (Å²) in [6.07, 6.45) is 3.01. The topological polar surface area (TPSA) is 90.0 Å². The molecule has 7 nitrogen and oxygen atoms in total. The number of amides is 1. The first-order valence-corrected chi connectivity index (χ1v) is 7.71. The minimum atomic E-state index is -0.395. The van der Waals surface area contributed by atoms with Crippen molar-refractivity contribution < 1.29 is 9.21 Å². The van der Waals surface area contributed by atoms with Gasteiger partial charge in [-0.2, -0.15) is 0 Å². The molecule has 4 aromatic rings. The van der Waals surface area contributed by atoms with E-state index in [0.717, 1.165) is 10.9 Å². The molecule has 7 heteroatoms. The lowest BCUT2D eigenvalue weighted by atomic mass is 10.2. The molecule has 25 heavy (non-hydrogen) atoms. The number of benzene rings is 1. The van der Waals surface area contributed by atoms with Crippen LogP contribution in [0.3, 0.4) is 0 Å². The Kier molecular flexibility index (Phi) is 3.53. The van der Waals surface area contributed by atoms with Crippen molar-refractivity contribution in [3.05, 3.63) is 64.8 Å². The van der Waals surface area contributed by atoms with Crippen molar-refractivity contribution in [3.63, 3.8) is 0 Å². The fourth-order valence-electron chi connectivity index (χ4n) is 2.61. The summed E-state index contributed by atoms with van der Waals surface area (Å²) in [4.78, 5) is 33.1. The lowest BCUT2D eigenvalue weighted by molar-refractivity contribution is -0.116. The molecule has 0 radical (unpaired) electrons. The maximum absolute atomic E-state index is 12.6. The maximum atomic E-state index is 12.6. The summed E-state index contributed by atoms with van der Waals surface area (Å²) in [5.41, 5.74) is 1.83. The normalized spacial score (nSPS) is 11.1. The molecule has 124 valence electrons. The minimum absolute atomic E-state index is 0.143. The Balaban J connectivity index is 1.64. The van der Waals surface area contributed by atoms with Crippen molar-refractivity contribution in [2.45, 2.75) is 13.5 Å². The second-order valence-corrected chi connectivity index (χ2v) is 5.72. The number of carbonyl (C=O) groups excluding carboxylic acids is 1. The highest BCUT2D eigenvalue weighted by molar-refractivity contribution is 6.01. The van der Waals surface area contributed by atoms with E-state index in [1.807, 2.05) is 31.2 Å². The van der Waals surface area contributed by atoms with Gasteiger partial charge in [-0.3, -0.25) is 14.2 Å². The van der Waals surface area contributed by atoms with Crippen LogP contribution in [-0.2, 0) is 11.3 Å². The van der Waals surface area contributed by atoms with Crippen molar-refractivity contribution in [2.75, 3.05) is 5.32 Å². The van der Waals surface area contributed by atoms with Crippen LogP contribution in [0.4, 0.5) is 5.82 Å². The van der Waals surface area contributed by atoms with Crippen LogP contribution in [0, 0.1) is 6.92 Å². The van der Waals surface area contributed by atoms with Gasteiger partial charge in [0.1, 0.15) is 23.5 Å². The first kappa shape index (κ1) is 15.1. The molecule has 1 aromatic carbocycles. The van der Waals surface area contributed by atoms with Crippen LogP contribution >= 0.6 is 0 Å². The summed E-state index contributed by atoms with van der Waals surface area (Å²) in [5.74, 6) is 0.0668. The number of nitrogens with one attached hydrogen (secondary N) is 1. The summed E-state index contributed by atoms with van der Waals surface area (Å²) < 4.78 is 6.81. The van der Waals surface area contributed by atoms with Gasteiger partial charge in [0.2, 0.25) is 11.5 Å². The summed E-state index contributed by atoms with van der Waals surface area (Å²) in [6.45, 7) is 1.74. The second kappa shape index (κ2) is 5.86. The lowest BCUT2D eigenvalue weighted by Gasteiger charge is -2.06. The molecule has 0 saturated heterocycles. The van der Waals surface area contributed by atoms with Crippen LogP contribution in [0.25, 0.3) is 22.1 Å². The molecular weight excluding hydrogens is 320 g/mol. The van der Waals surface area contributed by atoms with Crippen molar-refractivity contribution >= 4 is 33.8 Å². The van der Waals surface area contributed by atoms with E-state index in [2.05, 4.69) is 15.3 Å². The predicted molar refractivity (Wildman–Crippen MR) is 93.4 cm³/mol. The number of aromatic nitrogens is 3. The van der Waals surface area contributed by atoms with Gasteiger partial charge in [-0.25, -0.2) is 9.97 Å². The first-order valence-electron chi connectivity index (χ1n) is 7.71. The van der Waals surface area contributed by atoms with Crippen molar-refractivity contribution in [2.24, 2.45) is 0 Å². The van der Waals surface area contributed by atoms with Crippen molar-refractivity contribution in [1.82, 2.24) is 14.5 Å². The van der Waals surface area contributed by atoms with E-state index in [4.69, 9.17) is 4.42 Å². The second-order valence-electron chi connectivity index (χ2n) is 5.72. The Morgan fingerprint density at radius 1 is 1.20 bits per heavy atom. The minimum Gasteiger partial charge on any atom is -0.448 e. The number of rotatable bonds is 3. The third kappa shape index (κ3) is 2.76. The number of anilines is 1. The Bertz CT molecular complexity index is 1140. The highest BCUT2D eigenvalue weighted by atomic mass is 16.3. The number of carbonyl (C=O) groups is 1. The van der Waals surface area contributed by atoms with Crippen LogP contribution in [-0.4, -0.2) is 20.4 Å². The van der Waals surface area contributed by atoms with Crippen molar-refractivity contribution in [1.29, 1.82) is 0 Å². The molecule has 0 fully saturated rings. The van der Waals surface area contributed by atoms with E-state index in [-0.39, 0.29) is 18.0 Å². The molecule has 0 aliphatic rings. The summed E-state index contributed by atoms with van der Waals surface area (Å²) in [5, 5.41) is 3.42. The van der Waals surface area contributed by atoms with E-state index >= 15 is 0 Å². The fraction of sp³-hybridized carbons (Fsp3) is 0.111. The molecule has 1 N–H and O–H groups in total. The average molecular weight is 334 g/mol. The zero-order valence-electron chi connectivity index (χ0n) is 13.4. The molecule has 0 saturated carbocycles. The molecule has 0 aliphatic heterocycles. The Hall–Kier alpha value is -3.48. The lowest BCUT2D eigenvalue weighted by Crippen LogP contribution is -2.27. The van der Waals surface area contributed by atoms with E-state index < -0.39 is 5.56 Å². The van der Waals surface area contributed by atoms with Gasteiger partial charge in [0.15, 0.2) is 0 Å². The van der Waals surface area contributed by atoms with Gasteiger partial charge in [0, 0.05) is 11.6 Å². The molecule has 3 aromatic heterocycles. The third-order valence-corrected chi connectivity index (χ3v) is 3.84. The molecule has 0 spiro atoms. The van der Waals surface area contributed by atoms with E-state index in [1.54, 1.807) is 18.3 Å². The first-order chi connectivity index (χ1) is 12.1. The number of pyridine rings is 1. The number of hydrogen-bond donors (Lipinski definition) is 1. The molecule has 0 bridgehead atoms. The number of para-hydroxylation sites is 1. The van der Waals surface area contributed by atoms with Crippen LogP contribution in [0.2, 0.25) is 0 Å². The van der Waals surface area contributed by atoms with Crippen LogP contribution in [0.5, 0.6) is 0 Å². The van der Waals surface area contributed by atoms with Gasteiger partial charge in [-0.15, -0.1) is 0 Å². The zero-order valence-corrected chi connectivity index (χ0v) is 13.4. The molecule has 0 aliphatic carbocycles. The molecule has 0 unspecified atom stereocenters. The molecule has 3 heterocycles. The SMILES string of the molecule is Cc1ccc(NC(=O)Cn2cnc3c(oc4ccccc43)c2=O)nc1. The van der Waals surface area contributed by atoms with Gasteiger partial charge in [0.05, 0.1) is 6.33 Å². The summed E-state index contributed by atoms with van der Waals surface area (Å²) in [6, 6.07) is 10.8.